The van der Waals surface area contributed by atoms with Crippen LogP contribution in [-0.2, 0) is 6.54 Å². The third-order valence-electron chi connectivity index (χ3n) is 3.45. The SMILES string of the molecule is O=C(c1ccc(F)cc1)N1CCNCc2ccccc21. The summed E-state index contributed by atoms with van der Waals surface area (Å²) in [6, 6.07) is 13.5. The van der Waals surface area contributed by atoms with Crippen molar-refractivity contribution in [2.75, 3.05) is 18.0 Å². The quantitative estimate of drug-likeness (QED) is 0.863. The molecule has 2 aromatic carbocycles. The lowest BCUT2D eigenvalue weighted by Gasteiger charge is -2.22. The normalized spacial score (nSPS) is 14.6. The van der Waals surface area contributed by atoms with Crippen molar-refractivity contribution in [2.45, 2.75) is 6.54 Å². The number of amides is 1. The molecule has 3 rings (SSSR count). The van der Waals surface area contributed by atoms with Crippen LogP contribution in [0.2, 0.25) is 0 Å². The van der Waals surface area contributed by atoms with Gasteiger partial charge in [-0.2, -0.15) is 0 Å². The Balaban J connectivity index is 1.97. The molecule has 1 amide bonds. The molecule has 0 aromatic heterocycles. The summed E-state index contributed by atoms with van der Waals surface area (Å²) in [7, 11) is 0. The van der Waals surface area contributed by atoms with Gasteiger partial charge in [-0.1, -0.05) is 18.2 Å². The van der Waals surface area contributed by atoms with E-state index < -0.39 is 0 Å². The van der Waals surface area contributed by atoms with E-state index in [0.29, 0.717) is 12.1 Å². The van der Waals surface area contributed by atoms with Gasteiger partial charge < -0.3 is 10.2 Å². The van der Waals surface area contributed by atoms with E-state index >= 15 is 0 Å². The first-order valence-electron chi connectivity index (χ1n) is 6.62. The molecule has 0 spiro atoms. The highest BCUT2D eigenvalue weighted by molar-refractivity contribution is 6.06. The highest BCUT2D eigenvalue weighted by Crippen LogP contribution is 2.23. The zero-order valence-electron chi connectivity index (χ0n) is 11.0. The minimum absolute atomic E-state index is 0.0962. The lowest BCUT2D eigenvalue weighted by molar-refractivity contribution is 0.0987. The third-order valence-corrected chi connectivity index (χ3v) is 3.45. The Labute approximate surface area is 117 Å². The van der Waals surface area contributed by atoms with Crippen molar-refractivity contribution in [2.24, 2.45) is 0 Å². The van der Waals surface area contributed by atoms with Gasteiger partial charge in [0.05, 0.1) is 0 Å². The molecule has 20 heavy (non-hydrogen) atoms. The molecule has 4 heteroatoms. The van der Waals surface area contributed by atoms with Crippen LogP contribution in [0.4, 0.5) is 10.1 Å². The maximum absolute atomic E-state index is 13.0. The Kier molecular flexibility index (Phi) is 3.48. The number of hydrogen-bond acceptors (Lipinski definition) is 2. The van der Waals surface area contributed by atoms with Gasteiger partial charge in [-0.25, -0.2) is 4.39 Å². The maximum Gasteiger partial charge on any atom is 0.258 e. The molecule has 0 bridgehead atoms. The average molecular weight is 270 g/mol. The van der Waals surface area contributed by atoms with Gasteiger partial charge in [0.15, 0.2) is 0 Å². The molecule has 1 aliphatic rings. The Morgan fingerprint density at radius 1 is 1.10 bits per heavy atom. The molecule has 0 fully saturated rings. The van der Waals surface area contributed by atoms with Gasteiger partial charge in [-0.3, -0.25) is 4.79 Å². The van der Waals surface area contributed by atoms with Crippen LogP contribution in [0.25, 0.3) is 0 Å². The van der Waals surface area contributed by atoms with Gasteiger partial charge in [0.1, 0.15) is 5.82 Å². The third kappa shape index (κ3) is 2.42. The minimum atomic E-state index is -0.334. The summed E-state index contributed by atoms with van der Waals surface area (Å²) in [5.74, 6) is -0.430. The van der Waals surface area contributed by atoms with E-state index in [9.17, 15) is 9.18 Å². The summed E-state index contributed by atoms with van der Waals surface area (Å²) in [5.41, 5.74) is 2.52. The van der Waals surface area contributed by atoms with Gasteiger partial charge in [-0.05, 0) is 35.9 Å². The number of carbonyl (C=O) groups is 1. The van der Waals surface area contributed by atoms with E-state index in [1.807, 2.05) is 24.3 Å². The van der Waals surface area contributed by atoms with Gasteiger partial charge in [0.2, 0.25) is 0 Å². The van der Waals surface area contributed by atoms with Crippen molar-refractivity contribution in [3.63, 3.8) is 0 Å². The van der Waals surface area contributed by atoms with E-state index in [4.69, 9.17) is 0 Å². The fourth-order valence-corrected chi connectivity index (χ4v) is 2.42. The topological polar surface area (TPSA) is 32.3 Å². The molecule has 1 heterocycles. The fourth-order valence-electron chi connectivity index (χ4n) is 2.42. The van der Waals surface area contributed by atoms with E-state index in [-0.39, 0.29) is 11.7 Å². The maximum atomic E-state index is 13.0. The number of hydrogen-bond donors (Lipinski definition) is 1. The molecule has 102 valence electrons. The second-order valence-electron chi connectivity index (χ2n) is 4.77. The molecule has 3 nitrogen and oxygen atoms in total. The second kappa shape index (κ2) is 5.43. The number of halogens is 1. The number of benzene rings is 2. The number of carbonyl (C=O) groups excluding carboxylic acids is 1. The summed E-state index contributed by atoms with van der Waals surface area (Å²) in [5, 5.41) is 3.29. The van der Waals surface area contributed by atoms with Gasteiger partial charge in [-0.15, -0.1) is 0 Å². The first-order chi connectivity index (χ1) is 9.75. The Morgan fingerprint density at radius 3 is 2.65 bits per heavy atom. The molecule has 0 unspecified atom stereocenters. The summed E-state index contributed by atoms with van der Waals surface area (Å²) < 4.78 is 13.0. The molecular formula is C16H15FN2O. The Bertz CT molecular complexity index is 625. The van der Waals surface area contributed by atoms with Crippen molar-refractivity contribution >= 4 is 11.6 Å². The fraction of sp³-hybridized carbons (Fsp3) is 0.188. The number of anilines is 1. The lowest BCUT2D eigenvalue weighted by Crippen LogP contribution is -2.34. The summed E-state index contributed by atoms with van der Waals surface area (Å²) >= 11 is 0. The number of para-hydroxylation sites is 1. The predicted octanol–water partition coefficient (Wildman–Crippen LogP) is 2.58. The summed E-state index contributed by atoms with van der Waals surface area (Å²) in [4.78, 5) is 14.4. The lowest BCUT2D eigenvalue weighted by atomic mass is 10.1. The molecule has 2 aromatic rings. The standard InChI is InChI=1S/C16H15FN2O/c17-14-7-5-12(6-8-14)16(20)19-10-9-18-11-13-3-1-2-4-15(13)19/h1-8,18H,9-11H2. The van der Waals surface area contributed by atoms with Gasteiger partial charge >= 0.3 is 0 Å². The van der Waals surface area contributed by atoms with Crippen LogP contribution in [-0.4, -0.2) is 19.0 Å². The van der Waals surface area contributed by atoms with Gasteiger partial charge in [0.25, 0.3) is 5.91 Å². The first kappa shape index (κ1) is 12.8. The minimum Gasteiger partial charge on any atom is -0.311 e. The molecule has 0 atom stereocenters. The molecule has 0 saturated carbocycles. The monoisotopic (exact) mass is 270 g/mol. The Hall–Kier alpha value is -2.20. The van der Waals surface area contributed by atoms with Crippen molar-refractivity contribution in [3.05, 3.63) is 65.5 Å². The predicted molar refractivity (Wildman–Crippen MR) is 76.2 cm³/mol. The molecule has 1 aliphatic heterocycles. The number of nitrogens with one attached hydrogen (secondary N) is 1. The van der Waals surface area contributed by atoms with Crippen molar-refractivity contribution in [1.82, 2.24) is 5.32 Å². The van der Waals surface area contributed by atoms with Crippen molar-refractivity contribution in [1.29, 1.82) is 0 Å². The molecular weight excluding hydrogens is 255 g/mol. The smallest absolute Gasteiger partial charge is 0.258 e. The summed E-state index contributed by atoms with van der Waals surface area (Å²) in [6.07, 6.45) is 0. The molecule has 1 N–H and O–H groups in total. The number of rotatable bonds is 1. The van der Waals surface area contributed by atoms with E-state index in [1.165, 1.54) is 24.3 Å². The van der Waals surface area contributed by atoms with Crippen molar-refractivity contribution in [3.8, 4) is 0 Å². The second-order valence-corrected chi connectivity index (χ2v) is 4.77. The van der Waals surface area contributed by atoms with Crippen molar-refractivity contribution < 1.29 is 9.18 Å². The molecule has 0 saturated heterocycles. The largest absolute Gasteiger partial charge is 0.311 e. The van der Waals surface area contributed by atoms with Crippen LogP contribution in [0.5, 0.6) is 0 Å². The number of nitrogens with zero attached hydrogens (tertiary/aromatic N) is 1. The van der Waals surface area contributed by atoms with Crippen LogP contribution in [0, 0.1) is 5.82 Å². The molecule has 0 aliphatic carbocycles. The van der Waals surface area contributed by atoms with Crippen LogP contribution < -0.4 is 10.2 Å². The van der Waals surface area contributed by atoms with Crippen LogP contribution in [0.15, 0.2) is 48.5 Å². The Morgan fingerprint density at radius 2 is 1.85 bits per heavy atom. The zero-order chi connectivity index (χ0) is 13.9. The van der Waals surface area contributed by atoms with Gasteiger partial charge in [0, 0.05) is 30.9 Å². The number of fused-ring (bicyclic) bond motifs is 1. The zero-order valence-corrected chi connectivity index (χ0v) is 11.0. The average Bonchev–Trinajstić information content (AvgIpc) is 2.69. The van der Waals surface area contributed by atoms with Crippen LogP contribution in [0.1, 0.15) is 15.9 Å². The van der Waals surface area contributed by atoms with E-state index in [0.717, 1.165) is 24.3 Å². The molecule has 0 radical (unpaired) electrons. The summed E-state index contributed by atoms with van der Waals surface area (Å²) in [6.45, 7) is 2.10. The van der Waals surface area contributed by atoms with E-state index in [2.05, 4.69) is 5.32 Å². The highest BCUT2D eigenvalue weighted by atomic mass is 19.1. The highest BCUT2D eigenvalue weighted by Gasteiger charge is 2.21. The first-order valence-corrected chi connectivity index (χ1v) is 6.62. The van der Waals surface area contributed by atoms with Crippen LogP contribution >= 0.6 is 0 Å². The van der Waals surface area contributed by atoms with Crippen LogP contribution in [0.3, 0.4) is 0 Å². The van der Waals surface area contributed by atoms with E-state index in [1.54, 1.807) is 4.90 Å².